The number of nitrogens with zero attached hydrogens (tertiary/aromatic N) is 1. The third-order valence-corrected chi connectivity index (χ3v) is 5.07. The van der Waals surface area contributed by atoms with E-state index in [1.807, 2.05) is 13.8 Å². The van der Waals surface area contributed by atoms with Crippen LogP contribution in [0.3, 0.4) is 0 Å². The zero-order valence-corrected chi connectivity index (χ0v) is 15.7. The number of hydrogen-bond donors (Lipinski definition) is 0. The molecule has 0 aliphatic carbocycles. The molecule has 146 valence electrons. The molecule has 0 saturated carbocycles. The number of ether oxygens (including phenoxy) is 5. The van der Waals surface area contributed by atoms with E-state index < -0.39 is 30.0 Å². The normalized spacial score (nSPS) is 34.1. The van der Waals surface area contributed by atoms with E-state index in [0.29, 0.717) is 18.0 Å². The second kappa shape index (κ2) is 6.47. The second-order valence-corrected chi connectivity index (χ2v) is 7.36. The molecule has 1 aromatic carbocycles. The number of fused-ring (bicyclic) bond motifs is 1. The Hall–Kier alpha value is -2.16. The molecule has 27 heavy (non-hydrogen) atoms. The molecule has 3 aliphatic heterocycles. The number of β-lactam (4-membered cyclic amide) rings is 1. The van der Waals surface area contributed by atoms with Gasteiger partial charge in [-0.2, -0.15) is 0 Å². The highest BCUT2D eigenvalue weighted by Crippen LogP contribution is 2.42. The molecule has 1 aromatic rings. The van der Waals surface area contributed by atoms with E-state index in [1.54, 1.807) is 36.3 Å². The number of hydrogen-bond acceptors (Lipinski definition) is 7. The zero-order chi connectivity index (χ0) is 19.3. The number of amides is 1. The summed E-state index contributed by atoms with van der Waals surface area (Å²) in [5, 5.41) is 0. The Morgan fingerprint density at radius 2 is 1.89 bits per heavy atom. The van der Waals surface area contributed by atoms with Crippen molar-refractivity contribution in [3.63, 3.8) is 0 Å². The first-order chi connectivity index (χ1) is 12.8. The van der Waals surface area contributed by atoms with Crippen LogP contribution < -0.4 is 9.64 Å². The molecule has 8 nitrogen and oxygen atoms in total. The smallest absolute Gasteiger partial charge is 0.303 e. The Balaban J connectivity index is 1.62. The molecule has 8 heteroatoms. The molecule has 0 spiro atoms. The Bertz CT molecular complexity index is 747. The quantitative estimate of drug-likeness (QED) is 0.577. The van der Waals surface area contributed by atoms with Crippen molar-refractivity contribution in [3.8, 4) is 5.75 Å². The third-order valence-electron chi connectivity index (χ3n) is 5.07. The number of carbonyl (C=O) groups is 2. The molecule has 4 rings (SSSR count). The molecule has 1 amide bonds. The number of rotatable bonds is 4. The van der Waals surface area contributed by atoms with Crippen molar-refractivity contribution in [2.45, 2.75) is 57.0 Å². The lowest BCUT2D eigenvalue weighted by molar-refractivity contribution is -0.187. The number of anilines is 1. The highest BCUT2D eigenvalue weighted by Gasteiger charge is 2.62. The van der Waals surface area contributed by atoms with E-state index >= 15 is 0 Å². The lowest BCUT2D eigenvalue weighted by atomic mass is 9.88. The van der Waals surface area contributed by atoms with Gasteiger partial charge in [0.05, 0.1) is 13.7 Å². The molecular weight excluding hydrogens is 354 g/mol. The van der Waals surface area contributed by atoms with Crippen molar-refractivity contribution in [2.24, 2.45) is 0 Å². The van der Waals surface area contributed by atoms with Crippen LogP contribution in [-0.2, 0) is 28.5 Å². The van der Waals surface area contributed by atoms with Crippen molar-refractivity contribution in [1.82, 2.24) is 0 Å². The predicted octanol–water partition coefficient (Wildman–Crippen LogP) is 1.26. The minimum Gasteiger partial charge on any atom is -0.497 e. The van der Waals surface area contributed by atoms with Crippen molar-refractivity contribution in [2.75, 3.05) is 18.6 Å². The Morgan fingerprint density at radius 1 is 1.19 bits per heavy atom. The molecule has 5 atom stereocenters. The number of methoxy groups -OCH3 is 1. The van der Waals surface area contributed by atoms with Crippen molar-refractivity contribution in [3.05, 3.63) is 24.3 Å². The molecule has 0 unspecified atom stereocenters. The Labute approximate surface area is 157 Å². The molecule has 3 aliphatic rings. The molecule has 3 fully saturated rings. The summed E-state index contributed by atoms with van der Waals surface area (Å²) in [6.45, 7) is 5.35. The van der Waals surface area contributed by atoms with Crippen molar-refractivity contribution >= 4 is 17.6 Å². The van der Waals surface area contributed by atoms with E-state index in [1.165, 1.54) is 6.92 Å². The van der Waals surface area contributed by atoms with Gasteiger partial charge in [-0.25, -0.2) is 0 Å². The molecule has 0 N–H and O–H groups in total. The van der Waals surface area contributed by atoms with Crippen LogP contribution in [0.2, 0.25) is 0 Å². The summed E-state index contributed by atoms with van der Waals surface area (Å²) in [7, 11) is 1.58. The van der Waals surface area contributed by atoms with E-state index in [2.05, 4.69) is 0 Å². The van der Waals surface area contributed by atoms with Gasteiger partial charge < -0.3 is 23.7 Å². The Morgan fingerprint density at radius 3 is 2.52 bits per heavy atom. The average Bonchev–Trinajstić information content (AvgIpc) is 3.12. The lowest BCUT2D eigenvalue weighted by Gasteiger charge is -2.48. The SMILES string of the molecule is COc1ccc(N2C(=O)[C@@H](OC(C)=O)[C@H]2[C@H]2OC[C@H]3OC(C)(C)O[C@@H]23)cc1. The molecule has 3 saturated heterocycles. The van der Waals surface area contributed by atoms with E-state index in [9.17, 15) is 9.59 Å². The van der Waals surface area contributed by atoms with Gasteiger partial charge in [-0.05, 0) is 38.1 Å². The topological polar surface area (TPSA) is 83.5 Å². The summed E-state index contributed by atoms with van der Waals surface area (Å²) in [4.78, 5) is 25.8. The van der Waals surface area contributed by atoms with Crippen LogP contribution >= 0.6 is 0 Å². The van der Waals surface area contributed by atoms with Crippen LogP contribution in [0.1, 0.15) is 20.8 Å². The van der Waals surface area contributed by atoms with Gasteiger partial charge in [0, 0.05) is 12.6 Å². The maximum Gasteiger partial charge on any atom is 0.303 e. The molecule has 0 bridgehead atoms. The standard InChI is InChI=1S/C19H23NO7/c1-10(21)25-17-14(16-15-13(9-24-16)26-19(2,3)27-15)20(18(17)22)11-5-7-12(23-4)8-6-11/h5-8,13-17H,9H2,1-4H3/t13-,14-,15-,16-,17+/m1/s1. The monoisotopic (exact) mass is 377 g/mol. The van der Waals surface area contributed by atoms with Gasteiger partial charge in [-0.1, -0.05) is 0 Å². The first-order valence-electron chi connectivity index (χ1n) is 8.92. The van der Waals surface area contributed by atoms with Gasteiger partial charge in [-0.3, -0.25) is 14.5 Å². The number of esters is 1. The fourth-order valence-corrected chi connectivity index (χ4v) is 4.01. The summed E-state index contributed by atoms with van der Waals surface area (Å²) in [6, 6.07) is 6.64. The van der Waals surface area contributed by atoms with Crippen molar-refractivity contribution in [1.29, 1.82) is 0 Å². The summed E-state index contributed by atoms with van der Waals surface area (Å²) in [5.41, 5.74) is 0.680. The zero-order valence-electron chi connectivity index (χ0n) is 15.7. The first kappa shape index (κ1) is 18.2. The average molecular weight is 377 g/mol. The summed E-state index contributed by atoms with van der Waals surface area (Å²) >= 11 is 0. The molecule has 0 radical (unpaired) electrons. The maximum atomic E-state index is 12.7. The minimum atomic E-state index is -0.902. The van der Waals surface area contributed by atoms with Gasteiger partial charge >= 0.3 is 5.97 Å². The van der Waals surface area contributed by atoms with Gasteiger partial charge in [0.2, 0.25) is 6.10 Å². The van der Waals surface area contributed by atoms with Crippen LogP contribution in [0.15, 0.2) is 24.3 Å². The van der Waals surface area contributed by atoms with Crippen LogP contribution in [0.4, 0.5) is 5.69 Å². The summed E-state index contributed by atoms with van der Waals surface area (Å²) in [5.74, 6) is -0.824. The number of benzene rings is 1. The second-order valence-electron chi connectivity index (χ2n) is 7.36. The van der Waals surface area contributed by atoms with E-state index in [0.717, 1.165) is 0 Å². The largest absolute Gasteiger partial charge is 0.497 e. The first-order valence-corrected chi connectivity index (χ1v) is 8.92. The summed E-state index contributed by atoms with van der Waals surface area (Å²) < 4.78 is 28.2. The van der Waals surface area contributed by atoms with Gasteiger partial charge in [-0.15, -0.1) is 0 Å². The predicted molar refractivity (Wildman–Crippen MR) is 93.4 cm³/mol. The highest BCUT2D eigenvalue weighted by atomic mass is 16.8. The molecule has 0 aromatic heterocycles. The van der Waals surface area contributed by atoms with E-state index in [-0.39, 0.29) is 18.1 Å². The maximum absolute atomic E-state index is 12.7. The van der Waals surface area contributed by atoms with Crippen LogP contribution in [0, 0.1) is 0 Å². The molecular formula is C19H23NO7. The number of carbonyl (C=O) groups excluding carboxylic acids is 2. The minimum absolute atomic E-state index is 0.212. The van der Waals surface area contributed by atoms with Crippen LogP contribution in [0.5, 0.6) is 5.75 Å². The Kier molecular flexibility index (Phi) is 4.37. The van der Waals surface area contributed by atoms with Crippen molar-refractivity contribution < 1.29 is 33.3 Å². The van der Waals surface area contributed by atoms with Crippen LogP contribution in [0.25, 0.3) is 0 Å². The van der Waals surface area contributed by atoms with Crippen LogP contribution in [-0.4, -0.2) is 61.8 Å². The van der Waals surface area contributed by atoms with Gasteiger partial charge in [0.25, 0.3) is 5.91 Å². The van der Waals surface area contributed by atoms with Gasteiger partial charge in [0.15, 0.2) is 5.79 Å². The fraction of sp³-hybridized carbons (Fsp3) is 0.579. The third kappa shape index (κ3) is 3.07. The lowest BCUT2D eigenvalue weighted by Crippen LogP contribution is -2.72. The van der Waals surface area contributed by atoms with E-state index in [4.69, 9.17) is 23.7 Å². The molecule has 3 heterocycles. The fourth-order valence-electron chi connectivity index (χ4n) is 4.01. The summed E-state index contributed by atoms with van der Waals surface area (Å²) in [6.07, 6.45) is -1.91. The van der Waals surface area contributed by atoms with Gasteiger partial charge in [0.1, 0.15) is 30.1 Å². The highest BCUT2D eigenvalue weighted by molar-refractivity contribution is 6.06.